The predicted molar refractivity (Wildman–Crippen MR) is 124 cm³/mol. The van der Waals surface area contributed by atoms with Gasteiger partial charge in [0.1, 0.15) is 0 Å². The van der Waals surface area contributed by atoms with Crippen LogP contribution in [0.25, 0.3) is 5.57 Å². The summed E-state index contributed by atoms with van der Waals surface area (Å²) in [6, 6.07) is 12.8. The number of nitrogens with one attached hydrogen (secondary N) is 2. The van der Waals surface area contributed by atoms with E-state index in [0.29, 0.717) is 6.04 Å². The zero-order chi connectivity index (χ0) is 19.4. The SMILES string of the molecule is CC(O)/C=C(/c1ccc(NN)c(NC2CCCC2)c1)c1cccc(P)c1P. The number of hydrogen-bond donors (Lipinski definition) is 4. The average Bonchev–Trinajstić information content (AvgIpc) is 3.15. The van der Waals surface area contributed by atoms with Crippen LogP contribution in [0.4, 0.5) is 11.4 Å². The molecule has 3 atom stereocenters. The molecule has 0 spiro atoms. The van der Waals surface area contributed by atoms with Crippen molar-refractivity contribution in [2.75, 3.05) is 10.7 Å². The molecule has 0 radical (unpaired) electrons. The summed E-state index contributed by atoms with van der Waals surface area (Å²) in [5, 5.41) is 15.9. The fourth-order valence-corrected chi connectivity index (χ4v) is 4.26. The average molecular weight is 401 g/mol. The highest BCUT2D eigenvalue weighted by atomic mass is 31.0. The van der Waals surface area contributed by atoms with Crippen molar-refractivity contribution < 1.29 is 5.11 Å². The van der Waals surface area contributed by atoms with Gasteiger partial charge in [0, 0.05) is 6.04 Å². The van der Waals surface area contributed by atoms with Crippen LogP contribution in [0.2, 0.25) is 0 Å². The molecule has 4 nitrogen and oxygen atoms in total. The smallest absolute Gasteiger partial charge is 0.0718 e. The lowest BCUT2D eigenvalue weighted by atomic mass is 9.95. The van der Waals surface area contributed by atoms with Crippen LogP contribution in [-0.2, 0) is 0 Å². The van der Waals surface area contributed by atoms with Gasteiger partial charge in [-0.15, -0.1) is 18.5 Å². The van der Waals surface area contributed by atoms with Gasteiger partial charge in [0.15, 0.2) is 0 Å². The predicted octanol–water partition coefficient (Wildman–Crippen LogP) is 3.14. The van der Waals surface area contributed by atoms with Gasteiger partial charge in [-0.3, -0.25) is 5.84 Å². The highest BCUT2D eigenvalue weighted by Crippen LogP contribution is 2.32. The summed E-state index contributed by atoms with van der Waals surface area (Å²) in [7, 11) is 5.58. The van der Waals surface area contributed by atoms with Gasteiger partial charge in [0.25, 0.3) is 0 Å². The maximum Gasteiger partial charge on any atom is 0.0718 e. The summed E-state index contributed by atoms with van der Waals surface area (Å²) in [5.74, 6) is 5.74. The molecule has 2 aromatic carbocycles. The Hall–Kier alpha value is -1.44. The zero-order valence-electron chi connectivity index (χ0n) is 15.7. The molecule has 1 aliphatic rings. The molecule has 0 bridgehead atoms. The number of hydrazine groups is 1. The first-order chi connectivity index (χ1) is 13.0. The van der Waals surface area contributed by atoms with Crippen molar-refractivity contribution >= 4 is 46.0 Å². The molecule has 0 amide bonds. The van der Waals surface area contributed by atoms with Gasteiger partial charge in [0.2, 0.25) is 0 Å². The summed E-state index contributed by atoms with van der Waals surface area (Å²) in [4.78, 5) is 0. The second-order valence-corrected chi connectivity index (χ2v) is 8.36. The van der Waals surface area contributed by atoms with E-state index < -0.39 is 6.10 Å². The molecular formula is C21H29N3OP2. The number of anilines is 2. The largest absolute Gasteiger partial charge is 0.389 e. The third kappa shape index (κ3) is 4.89. The molecule has 1 saturated carbocycles. The minimum atomic E-state index is -0.545. The van der Waals surface area contributed by atoms with E-state index in [-0.39, 0.29) is 0 Å². The molecule has 3 rings (SSSR count). The monoisotopic (exact) mass is 401 g/mol. The lowest BCUT2D eigenvalue weighted by molar-refractivity contribution is 0.244. The van der Waals surface area contributed by atoms with Crippen LogP contribution in [0.3, 0.4) is 0 Å². The lowest BCUT2D eigenvalue weighted by Crippen LogP contribution is -2.18. The van der Waals surface area contributed by atoms with Gasteiger partial charge < -0.3 is 15.8 Å². The molecule has 0 aromatic heterocycles. The summed E-state index contributed by atoms with van der Waals surface area (Å²) < 4.78 is 0. The van der Waals surface area contributed by atoms with E-state index in [4.69, 9.17) is 5.84 Å². The van der Waals surface area contributed by atoms with Crippen molar-refractivity contribution in [2.24, 2.45) is 5.84 Å². The Morgan fingerprint density at radius 1 is 1.19 bits per heavy atom. The van der Waals surface area contributed by atoms with Crippen molar-refractivity contribution in [3.05, 3.63) is 53.6 Å². The van der Waals surface area contributed by atoms with Crippen LogP contribution in [0.1, 0.15) is 43.7 Å². The molecule has 2 aromatic rings. The molecule has 0 aliphatic heterocycles. The van der Waals surface area contributed by atoms with Gasteiger partial charge in [-0.25, -0.2) is 0 Å². The minimum absolute atomic E-state index is 0.490. The molecule has 0 heterocycles. The number of aliphatic hydroxyl groups excluding tert-OH is 1. The molecule has 6 heteroatoms. The van der Waals surface area contributed by atoms with E-state index in [1.807, 2.05) is 24.3 Å². The number of rotatable bonds is 6. The Kier molecular flexibility index (Phi) is 6.89. The van der Waals surface area contributed by atoms with E-state index in [9.17, 15) is 5.11 Å². The summed E-state index contributed by atoms with van der Waals surface area (Å²) in [6.07, 6.45) is 6.28. The summed E-state index contributed by atoms with van der Waals surface area (Å²) >= 11 is 0. The molecular weight excluding hydrogens is 372 g/mol. The van der Waals surface area contributed by atoms with Crippen LogP contribution >= 0.6 is 18.5 Å². The van der Waals surface area contributed by atoms with Crippen molar-refractivity contribution in [1.29, 1.82) is 0 Å². The Morgan fingerprint density at radius 3 is 2.59 bits per heavy atom. The molecule has 144 valence electrons. The Morgan fingerprint density at radius 2 is 1.93 bits per heavy atom. The molecule has 0 saturated heterocycles. The number of aliphatic hydroxyl groups is 1. The first-order valence-electron chi connectivity index (χ1n) is 9.41. The van der Waals surface area contributed by atoms with Gasteiger partial charge in [-0.2, -0.15) is 0 Å². The number of nitrogen functional groups attached to an aromatic ring is 1. The van der Waals surface area contributed by atoms with Gasteiger partial charge in [0.05, 0.1) is 17.5 Å². The molecule has 1 fully saturated rings. The van der Waals surface area contributed by atoms with Crippen LogP contribution in [0, 0.1) is 0 Å². The summed E-state index contributed by atoms with van der Waals surface area (Å²) in [6.45, 7) is 1.78. The highest BCUT2D eigenvalue weighted by molar-refractivity contribution is 7.36. The van der Waals surface area contributed by atoms with Crippen molar-refractivity contribution in [2.45, 2.75) is 44.8 Å². The fraction of sp³-hybridized carbons (Fsp3) is 0.333. The number of benzene rings is 2. The van der Waals surface area contributed by atoms with Gasteiger partial charge in [-0.1, -0.05) is 37.1 Å². The lowest BCUT2D eigenvalue weighted by Gasteiger charge is -2.20. The van der Waals surface area contributed by atoms with Crippen LogP contribution in [-0.4, -0.2) is 17.3 Å². The quantitative estimate of drug-likeness (QED) is 0.341. The Balaban J connectivity index is 2.05. The summed E-state index contributed by atoms with van der Waals surface area (Å²) in [5.41, 5.74) is 7.84. The number of hydrogen-bond acceptors (Lipinski definition) is 4. The van der Waals surface area contributed by atoms with Crippen LogP contribution in [0.5, 0.6) is 0 Å². The third-order valence-corrected chi connectivity index (χ3v) is 6.52. The molecule has 3 unspecified atom stereocenters. The minimum Gasteiger partial charge on any atom is -0.389 e. The first kappa shape index (κ1) is 20.3. The molecule has 5 N–H and O–H groups in total. The van der Waals surface area contributed by atoms with Crippen molar-refractivity contribution in [1.82, 2.24) is 0 Å². The first-order valence-corrected chi connectivity index (χ1v) is 10.6. The number of nitrogens with two attached hydrogens (primary N) is 1. The van der Waals surface area contributed by atoms with E-state index in [1.165, 1.54) is 25.7 Å². The maximum atomic E-state index is 10.1. The highest BCUT2D eigenvalue weighted by Gasteiger charge is 2.17. The fourth-order valence-electron chi connectivity index (χ4n) is 3.65. The van der Waals surface area contributed by atoms with Gasteiger partial charge >= 0.3 is 0 Å². The van der Waals surface area contributed by atoms with Crippen LogP contribution < -0.4 is 27.2 Å². The third-order valence-electron chi connectivity index (χ3n) is 5.04. The normalized spacial score (nSPS) is 16.4. The maximum absolute atomic E-state index is 10.1. The topological polar surface area (TPSA) is 70.3 Å². The zero-order valence-corrected chi connectivity index (χ0v) is 18.0. The van der Waals surface area contributed by atoms with E-state index in [2.05, 4.69) is 47.4 Å². The van der Waals surface area contributed by atoms with E-state index in [0.717, 1.165) is 38.7 Å². The Labute approximate surface area is 166 Å². The van der Waals surface area contributed by atoms with Gasteiger partial charge in [-0.05, 0) is 65.3 Å². The molecule has 27 heavy (non-hydrogen) atoms. The Bertz CT molecular complexity index is 830. The second kappa shape index (κ2) is 9.17. The van der Waals surface area contributed by atoms with Crippen molar-refractivity contribution in [3.63, 3.8) is 0 Å². The van der Waals surface area contributed by atoms with E-state index >= 15 is 0 Å². The molecule has 1 aliphatic carbocycles. The van der Waals surface area contributed by atoms with Crippen molar-refractivity contribution in [3.8, 4) is 0 Å². The van der Waals surface area contributed by atoms with E-state index in [1.54, 1.807) is 6.92 Å². The van der Waals surface area contributed by atoms with Crippen LogP contribution in [0.15, 0.2) is 42.5 Å². The standard InChI is InChI=1S/C21H29N3OP2/c1-13(25)11-17(16-7-4-8-20(26)21(16)27)14-9-10-18(24-22)19(12-14)23-15-5-2-3-6-15/h4,7-13,15,23-25H,2-3,5-6,22,26-27H2,1H3/b17-11-. The second-order valence-electron chi connectivity index (χ2n) is 7.16.